The molecule has 1 aromatic carbocycles. The predicted octanol–water partition coefficient (Wildman–Crippen LogP) is 3.81. The summed E-state index contributed by atoms with van der Waals surface area (Å²) >= 11 is 6.14. The van der Waals surface area contributed by atoms with Crippen LogP contribution in [0.2, 0.25) is 5.15 Å². The fraction of sp³-hybridized carbons (Fsp3) is 0.294. The van der Waals surface area contributed by atoms with Crippen molar-refractivity contribution in [1.29, 1.82) is 0 Å². The Morgan fingerprint density at radius 3 is 2.64 bits per heavy atom. The molecule has 4 nitrogen and oxygen atoms in total. The number of rotatable bonds is 1. The predicted molar refractivity (Wildman–Crippen MR) is 90.0 cm³/mol. The molecule has 0 bridgehead atoms. The number of halogens is 4. The van der Waals surface area contributed by atoms with Gasteiger partial charge in [-0.2, -0.15) is 0 Å². The summed E-state index contributed by atoms with van der Waals surface area (Å²) in [7, 11) is 0. The normalized spacial score (nSPS) is 19.6. The summed E-state index contributed by atoms with van der Waals surface area (Å²) < 4.78 is 42.7. The van der Waals surface area contributed by atoms with Crippen molar-refractivity contribution in [2.24, 2.45) is 5.73 Å². The lowest BCUT2D eigenvalue weighted by molar-refractivity contribution is 0.391. The minimum atomic E-state index is -1.22. The van der Waals surface area contributed by atoms with Gasteiger partial charge in [0.05, 0.1) is 5.52 Å². The van der Waals surface area contributed by atoms with Crippen LogP contribution in [0.4, 0.5) is 13.2 Å². The van der Waals surface area contributed by atoms with Crippen LogP contribution in [0.3, 0.4) is 0 Å². The van der Waals surface area contributed by atoms with Crippen LogP contribution in [0.5, 0.6) is 0 Å². The van der Waals surface area contributed by atoms with Gasteiger partial charge in [-0.3, -0.25) is 0 Å². The zero-order valence-corrected chi connectivity index (χ0v) is 13.1. The maximum atomic E-state index is 14.1. The molecule has 0 saturated carbocycles. The second-order valence-corrected chi connectivity index (χ2v) is 6.23. The summed E-state index contributed by atoms with van der Waals surface area (Å²) in [6.45, 7) is 0.334. The molecule has 0 fully saturated rings. The van der Waals surface area contributed by atoms with Gasteiger partial charge in [-0.1, -0.05) is 19.0 Å². The van der Waals surface area contributed by atoms with Crippen LogP contribution in [-0.4, -0.2) is 20.6 Å². The summed E-state index contributed by atoms with van der Waals surface area (Å²) in [4.78, 5) is 8.52. The summed E-state index contributed by atoms with van der Waals surface area (Å²) in [5, 5.41) is 0.316. The number of pyridine rings is 1. The largest absolute Gasteiger partial charge is 0.326 e. The SMILES string of the molecule is C.N[C@H]1Cn2c(nc3ccnc(Cl)c32)CC1c1cc(F)c(F)cc1F. The van der Waals surface area contributed by atoms with Gasteiger partial charge in [0.2, 0.25) is 0 Å². The Morgan fingerprint density at radius 2 is 1.88 bits per heavy atom. The molecule has 2 atom stereocenters. The minimum Gasteiger partial charge on any atom is -0.326 e. The minimum absolute atomic E-state index is 0. The number of aromatic nitrogens is 3. The highest BCUT2D eigenvalue weighted by molar-refractivity contribution is 6.33. The zero-order valence-electron chi connectivity index (χ0n) is 12.3. The highest BCUT2D eigenvalue weighted by Gasteiger charge is 2.32. The molecule has 3 heterocycles. The van der Waals surface area contributed by atoms with E-state index in [2.05, 4.69) is 9.97 Å². The van der Waals surface area contributed by atoms with Crippen molar-refractivity contribution in [1.82, 2.24) is 14.5 Å². The molecule has 3 aromatic rings. The molecule has 25 heavy (non-hydrogen) atoms. The number of imidazole rings is 1. The second-order valence-electron chi connectivity index (χ2n) is 5.87. The first kappa shape index (κ1) is 17.7. The Labute approximate surface area is 147 Å². The van der Waals surface area contributed by atoms with Crippen molar-refractivity contribution in [2.75, 3.05) is 0 Å². The lowest BCUT2D eigenvalue weighted by atomic mass is 9.86. The molecule has 1 unspecified atom stereocenters. The van der Waals surface area contributed by atoms with E-state index >= 15 is 0 Å². The van der Waals surface area contributed by atoms with Crippen molar-refractivity contribution in [3.8, 4) is 0 Å². The van der Waals surface area contributed by atoms with Gasteiger partial charge in [-0.15, -0.1) is 0 Å². The van der Waals surface area contributed by atoms with Crippen LogP contribution >= 0.6 is 11.6 Å². The van der Waals surface area contributed by atoms with Gasteiger partial charge in [0.25, 0.3) is 0 Å². The molecule has 1 aliphatic rings. The molecule has 0 amide bonds. The van der Waals surface area contributed by atoms with E-state index in [9.17, 15) is 13.2 Å². The van der Waals surface area contributed by atoms with Gasteiger partial charge < -0.3 is 10.3 Å². The first-order chi connectivity index (χ1) is 11.5. The topological polar surface area (TPSA) is 56.7 Å². The molecular formula is C17H16ClF3N4. The Morgan fingerprint density at radius 1 is 1.16 bits per heavy atom. The third-order valence-electron chi connectivity index (χ3n) is 4.44. The Balaban J connectivity index is 0.00000182. The molecule has 4 rings (SSSR count). The van der Waals surface area contributed by atoms with Gasteiger partial charge in [-0.05, 0) is 17.7 Å². The first-order valence-corrected chi connectivity index (χ1v) is 7.73. The molecule has 132 valence electrons. The third kappa shape index (κ3) is 2.77. The van der Waals surface area contributed by atoms with E-state index in [0.29, 0.717) is 41.0 Å². The smallest absolute Gasteiger partial charge is 0.161 e. The van der Waals surface area contributed by atoms with Crippen molar-refractivity contribution in [2.45, 2.75) is 32.4 Å². The summed E-state index contributed by atoms with van der Waals surface area (Å²) in [6.07, 6.45) is 1.85. The number of benzene rings is 1. The summed E-state index contributed by atoms with van der Waals surface area (Å²) in [5.41, 5.74) is 7.59. The van der Waals surface area contributed by atoms with Gasteiger partial charge in [0, 0.05) is 37.2 Å². The molecule has 0 aliphatic carbocycles. The Bertz CT molecular complexity index is 957. The van der Waals surface area contributed by atoms with Crippen LogP contribution in [0.1, 0.15) is 24.7 Å². The van der Waals surface area contributed by atoms with E-state index in [-0.39, 0.29) is 13.0 Å². The number of fused-ring (bicyclic) bond motifs is 3. The number of nitrogens with zero attached hydrogens (tertiary/aromatic N) is 3. The second kappa shape index (κ2) is 6.31. The summed E-state index contributed by atoms with van der Waals surface area (Å²) in [5.74, 6) is -2.96. The van der Waals surface area contributed by atoms with Crippen molar-refractivity contribution < 1.29 is 13.2 Å². The molecule has 0 spiro atoms. The molecular weight excluding hydrogens is 353 g/mol. The Hall–Kier alpha value is -2.12. The molecule has 0 radical (unpaired) electrons. The van der Waals surface area contributed by atoms with Crippen LogP contribution in [-0.2, 0) is 13.0 Å². The van der Waals surface area contributed by atoms with Crippen LogP contribution < -0.4 is 5.73 Å². The molecule has 2 aromatic heterocycles. The zero-order chi connectivity index (χ0) is 17.0. The van der Waals surface area contributed by atoms with Gasteiger partial charge in [0.15, 0.2) is 16.8 Å². The summed E-state index contributed by atoms with van der Waals surface area (Å²) in [6, 6.07) is 2.66. The van der Waals surface area contributed by atoms with Crippen LogP contribution in [0, 0.1) is 17.5 Å². The van der Waals surface area contributed by atoms with Crippen molar-refractivity contribution >= 4 is 22.6 Å². The maximum absolute atomic E-state index is 14.1. The fourth-order valence-corrected chi connectivity index (χ4v) is 3.54. The van der Waals surface area contributed by atoms with E-state index in [1.54, 1.807) is 12.3 Å². The average Bonchev–Trinajstić information content (AvgIpc) is 2.89. The van der Waals surface area contributed by atoms with E-state index in [0.717, 1.165) is 6.07 Å². The van der Waals surface area contributed by atoms with Crippen LogP contribution in [0.25, 0.3) is 11.0 Å². The third-order valence-corrected chi connectivity index (χ3v) is 4.72. The average molecular weight is 369 g/mol. The molecule has 1 aliphatic heterocycles. The fourth-order valence-electron chi connectivity index (χ4n) is 3.29. The quantitative estimate of drug-likeness (QED) is 0.525. The number of hydrogen-bond donors (Lipinski definition) is 1. The van der Waals surface area contributed by atoms with Gasteiger partial charge in [-0.25, -0.2) is 23.1 Å². The van der Waals surface area contributed by atoms with E-state index in [1.165, 1.54) is 0 Å². The first-order valence-electron chi connectivity index (χ1n) is 7.35. The number of hydrogen-bond acceptors (Lipinski definition) is 3. The van der Waals surface area contributed by atoms with E-state index < -0.39 is 29.4 Å². The molecule has 0 saturated heterocycles. The van der Waals surface area contributed by atoms with E-state index in [4.69, 9.17) is 17.3 Å². The lowest BCUT2D eigenvalue weighted by Crippen LogP contribution is -2.39. The monoisotopic (exact) mass is 368 g/mol. The van der Waals surface area contributed by atoms with Crippen molar-refractivity contribution in [3.05, 3.63) is 58.4 Å². The van der Waals surface area contributed by atoms with Crippen molar-refractivity contribution in [3.63, 3.8) is 0 Å². The van der Waals surface area contributed by atoms with Gasteiger partial charge in [0.1, 0.15) is 17.2 Å². The highest BCUT2D eigenvalue weighted by Crippen LogP contribution is 2.34. The standard InChI is InChI=1S/C16H12ClF3N4.CH4/c17-16-15-13(1-2-22-16)23-14-4-8(12(21)6-24(14)15)7-3-10(19)11(20)5-9(7)18;/h1-3,5,8,12H,4,6,21H2;1H4/t8?,12-;/m0./s1. The highest BCUT2D eigenvalue weighted by atomic mass is 35.5. The maximum Gasteiger partial charge on any atom is 0.161 e. The van der Waals surface area contributed by atoms with Crippen LogP contribution in [0.15, 0.2) is 24.4 Å². The lowest BCUT2D eigenvalue weighted by Gasteiger charge is -2.30. The molecule has 2 N–H and O–H groups in total. The van der Waals surface area contributed by atoms with E-state index in [1.807, 2.05) is 4.57 Å². The number of nitrogens with two attached hydrogens (primary N) is 1. The molecule has 8 heteroatoms. The Kier molecular flexibility index (Phi) is 4.47. The van der Waals surface area contributed by atoms with Gasteiger partial charge >= 0.3 is 0 Å².